The highest BCUT2D eigenvalue weighted by Gasteiger charge is 2.40. The number of rotatable bonds is 8. The Balaban J connectivity index is 2.60. The summed E-state index contributed by atoms with van der Waals surface area (Å²) in [6.45, 7) is 5.32. The molecule has 2 rings (SSSR count). The number of methoxy groups -OCH3 is 1. The molecule has 32 heavy (non-hydrogen) atoms. The Labute approximate surface area is 187 Å². The zero-order chi connectivity index (χ0) is 23.9. The molecule has 5 nitrogen and oxygen atoms in total. The molecule has 0 unspecified atom stereocenters. The molecule has 0 amide bonds. The van der Waals surface area contributed by atoms with Crippen LogP contribution < -0.4 is 10.2 Å². The summed E-state index contributed by atoms with van der Waals surface area (Å²) < 4.78 is 47.8. The molecule has 0 spiro atoms. The molecule has 0 saturated heterocycles. The van der Waals surface area contributed by atoms with Gasteiger partial charge in [0.15, 0.2) is 0 Å². The van der Waals surface area contributed by atoms with Gasteiger partial charge in [-0.25, -0.2) is 9.98 Å². The van der Waals surface area contributed by atoms with Gasteiger partial charge in [-0.1, -0.05) is 30.7 Å². The van der Waals surface area contributed by atoms with Crippen LogP contribution in [0.1, 0.15) is 31.4 Å². The fourth-order valence-electron chi connectivity index (χ4n) is 2.91. The fraction of sp³-hybridized carbons (Fsp3) is 0.333. The molecule has 1 N–H and O–H groups in total. The number of benzene rings is 1. The third-order valence-electron chi connectivity index (χ3n) is 4.59. The maximum Gasteiger partial charge on any atom is 0.423 e. The molecule has 8 heteroatoms. The van der Waals surface area contributed by atoms with Gasteiger partial charge in [-0.2, -0.15) is 13.2 Å². The van der Waals surface area contributed by atoms with E-state index >= 15 is 0 Å². The van der Waals surface area contributed by atoms with Gasteiger partial charge in [0.25, 0.3) is 0 Å². The molecule has 1 aromatic heterocycles. The number of aliphatic imine (C=N–C) groups is 1. The normalized spacial score (nSPS) is 13.5. The van der Waals surface area contributed by atoms with Crippen LogP contribution in [0.4, 0.5) is 24.7 Å². The van der Waals surface area contributed by atoms with Crippen molar-refractivity contribution in [3.8, 4) is 0 Å². The lowest BCUT2D eigenvalue weighted by molar-refractivity contribution is -0.0924. The van der Waals surface area contributed by atoms with Gasteiger partial charge in [-0.15, -0.1) is 0 Å². The van der Waals surface area contributed by atoms with Crippen molar-refractivity contribution in [3.63, 3.8) is 0 Å². The van der Waals surface area contributed by atoms with Crippen LogP contribution in [0.25, 0.3) is 0 Å². The van der Waals surface area contributed by atoms with E-state index in [1.54, 1.807) is 49.2 Å². The quantitative estimate of drug-likeness (QED) is 0.303. The van der Waals surface area contributed by atoms with E-state index in [1.165, 1.54) is 13.2 Å². The summed E-state index contributed by atoms with van der Waals surface area (Å²) in [5.41, 5.74) is 1.49. The van der Waals surface area contributed by atoms with Crippen LogP contribution in [0.2, 0.25) is 0 Å². The monoisotopic (exact) mass is 446 g/mol. The zero-order valence-electron chi connectivity index (χ0n) is 19.2. The number of alkyl halides is 3. The van der Waals surface area contributed by atoms with E-state index in [4.69, 9.17) is 4.74 Å². The molecule has 0 bridgehead atoms. The first-order valence-corrected chi connectivity index (χ1v) is 10.2. The minimum absolute atomic E-state index is 0.110. The Morgan fingerprint density at radius 2 is 1.84 bits per heavy atom. The number of aromatic nitrogens is 1. The first-order valence-electron chi connectivity index (χ1n) is 10.2. The SMILES string of the molecule is CC/C=C(Nc1ccc(C)cc1)/C(=C(\N=C(C)c1ccnc(N(C)C)c1)OC)C(F)(F)F. The standard InChI is InChI=1S/C24H29F3N4O/c1-7-8-20(30-19-11-9-16(2)10-12-19)22(24(25,26)27)23(32-6)29-17(3)18-13-14-28-21(15-18)31(4)5/h8-15,30H,7H2,1-6H3/b20-8-,23-22-,29-17?. The predicted molar refractivity (Wildman–Crippen MR) is 124 cm³/mol. The molecule has 0 atom stereocenters. The van der Waals surface area contributed by atoms with Gasteiger partial charge in [0.2, 0.25) is 5.88 Å². The highest BCUT2D eigenvalue weighted by molar-refractivity contribution is 5.99. The third kappa shape index (κ3) is 6.60. The predicted octanol–water partition coefficient (Wildman–Crippen LogP) is 6.09. The molecule has 1 aromatic carbocycles. The van der Waals surface area contributed by atoms with Crippen molar-refractivity contribution < 1.29 is 17.9 Å². The van der Waals surface area contributed by atoms with Gasteiger partial charge in [-0.05, 0) is 44.5 Å². The van der Waals surface area contributed by atoms with Crippen molar-refractivity contribution in [3.05, 3.63) is 77.0 Å². The molecule has 172 valence electrons. The molecule has 1 heterocycles. The van der Waals surface area contributed by atoms with Gasteiger partial charge >= 0.3 is 6.18 Å². The summed E-state index contributed by atoms with van der Waals surface area (Å²) >= 11 is 0. The number of nitrogens with one attached hydrogen (secondary N) is 1. The van der Waals surface area contributed by atoms with Crippen molar-refractivity contribution in [1.29, 1.82) is 0 Å². The van der Waals surface area contributed by atoms with Gasteiger partial charge in [0.1, 0.15) is 11.4 Å². The smallest absolute Gasteiger partial charge is 0.423 e. The van der Waals surface area contributed by atoms with Crippen LogP contribution in [-0.2, 0) is 4.74 Å². The number of nitrogens with zero attached hydrogens (tertiary/aromatic N) is 3. The molecular formula is C24H29F3N4O. The van der Waals surface area contributed by atoms with Crippen molar-refractivity contribution in [2.75, 3.05) is 31.4 Å². The Bertz CT molecular complexity index is 1010. The largest absolute Gasteiger partial charge is 0.480 e. The van der Waals surface area contributed by atoms with E-state index in [2.05, 4.69) is 15.3 Å². The van der Waals surface area contributed by atoms with E-state index in [9.17, 15) is 13.2 Å². The Hall–Kier alpha value is -3.29. The van der Waals surface area contributed by atoms with Crippen molar-refractivity contribution in [2.24, 2.45) is 4.99 Å². The Kier molecular flexibility index (Phi) is 8.46. The number of aryl methyl sites for hydroxylation is 1. The van der Waals surface area contributed by atoms with Crippen LogP contribution in [-0.4, -0.2) is 38.1 Å². The second kappa shape index (κ2) is 10.8. The summed E-state index contributed by atoms with van der Waals surface area (Å²) in [6.07, 6.45) is -1.24. The van der Waals surface area contributed by atoms with Crippen LogP contribution in [0.5, 0.6) is 0 Å². The van der Waals surface area contributed by atoms with E-state index in [-0.39, 0.29) is 5.70 Å². The van der Waals surface area contributed by atoms with Gasteiger partial charge < -0.3 is 15.0 Å². The number of hydrogen-bond acceptors (Lipinski definition) is 5. The zero-order valence-corrected chi connectivity index (χ0v) is 19.2. The Morgan fingerprint density at radius 3 is 2.38 bits per heavy atom. The van der Waals surface area contributed by atoms with E-state index < -0.39 is 17.6 Å². The van der Waals surface area contributed by atoms with Crippen molar-refractivity contribution >= 4 is 17.2 Å². The number of ether oxygens (including phenoxy) is 1. The first-order chi connectivity index (χ1) is 15.1. The molecule has 0 radical (unpaired) electrons. The van der Waals surface area contributed by atoms with Crippen molar-refractivity contribution in [1.82, 2.24) is 4.98 Å². The highest BCUT2D eigenvalue weighted by atomic mass is 19.4. The number of pyridine rings is 1. The van der Waals surface area contributed by atoms with Crippen molar-refractivity contribution in [2.45, 2.75) is 33.4 Å². The summed E-state index contributed by atoms with van der Waals surface area (Å²) in [4.78, 5) is 10.3. The van der Waals surface area contributed by atoms with Gasteiger partial charge in [0, 0.05) is 37.3 Å². The maximum absolute atomic E-state index is 14.2. The summed E-state index contributed by atoms with van der Waals surface area (Å²) in [5.74, 6) is 0.154. The van der Waals surface area contributed by atoms with Crippen LogP contribution in [0.3, 0.4) is 0 Å². The second-order valence-electron chi connectivity index (χ2n) is 7.39. The van der Waals surface area contributed by atoms with E-state index in [0.717, 1.165) is 5.56 Å². The van der Waals surface area contributed by atoms with Gasteiger partial charge in [-0.3, -0.25) is 0 Å². The molecule has 0 aliphatic rings. The average Bonchev–Trinajstić information content (AvgIpc) is 2.74. The molecule has 0 fully saturated rings. The lowest BCUT2D eigenvalue weighted by atomic mass is 10.1. The Morgan fingerprint density at radius 1 is 1.19 bits per heavy atom. The average molecular weight is 447 g/mol. The fourth-order valence-corrected chi connectivity index (χ4v) is 2.91. The summed E-state index contributed by atoms with van der Waals surface area (Å²) in [6, 6.07) is 10.6. The van der Waals surface area contributed by atoms with E-state index in [1.807, 2.05) is 33.2 Å². The topological polar surface area (TPSA) is 49.8 Å². The summed E-state index contributed by atoms with van der Waals surface area (Å²) in [7, 11) is 4.85. The molecular weight excluding hydrogens is 417 g/mol. The highest BCUT2D eigenvalue weighted by Crippen LogP contribution is 2.35. The molecule has 2 aromatic rings. The number of hydrogen-bond donors (Lipinski definition) is 1. The van der Waals surface area contributed by atoms with Crippen LogP contribution in [0, 0.1) is 6.92 Å². The minimum Gasteiger partial charge on any atom is -0.480 e. The maximum atomic E-state index is 14.2. The summed E-state index contributed by atoms with van der Waals surface area (Å²) in [5, 5.41) is 2.88. The third-order valence-corrected chi connectivity index (χ3v) is 4.59. The minimum atomic E-state index is -4.69. The lowest BCUT2D eigenvalue weighted by Crippen LogP contribution is -2.21. The number of allylic oxidation sites excluding steroid dienone is 2. The number of halogens is 3. The van der Waals surface area contributed by atoms with Gasteiger partial charge in [0.05, 0.1) is 12.8 Å². The lowest BCUT2D eigenvalue weighted by Gasteiger charge is -2.20. The second-order valence-corrected chi connectivity index (χ2v) is 7.39. The number of anilines is 2. The van der Waals surface area contributed by atoms with Crippen LogP contribution >= 0.6 is 0 Å². The molecule has 0 aliphatic carbocycles. The molecule has 0 saturated carbocycles. The van der Waals surface area contributed by atoms with Crippen LogP contribution in [0.15, 0.2) is 70.8 Å². The first kappa shape index (κ1) is 25.0. The van der Waals surface area contributed by atoms with E-state index in [0.29, 0.717) is 29.2 Å². The molecule has 0 aliphatic heterocycles.